The van der Waals surface area contributed by atoms with Crippen LogP contribution in [-0.2, 0) is 14.8 Å². The first-order valence-electron chi connectivity index (χ1n) is 6.70. The molecule has 0 unspecified atom stereocenters. The molecule has 0 bridgehead atoms. The number of carbonyl (C=O) groups is 1. The zero-order chi connectivity index (χ0) is 16.7. The summed E-state index contributed by atoms with van der Waals surface area (Å²) in [7, 11) is -3.66. The van der Waals surface area contributed by atoms with Crippen LogP contribution in [0.15, 0.2) is 66.1 Å². The number of carbonyl (C=O) groups excluding carboxylic acids is 1. The lowest BCUT2D eigenvalue weighted by atomic mass is 10.2. The minimum atomic E-state index is -3.66. The van der Waals surface area contributed by atoms with Gasteiger partial charge >= 0.3 is 0 Å². The van der Waals surface area contributed by atoms with E-state index in [9.17, 15) is 18.3 Å². The van der Waals surface area contributed by atoms with E-state index in [0.29, 0.717) is 11.3 Å². The van der Waals surface area contributed by atoms with Gasteiger partial charge < -0.3 is 9.90 Å². The zero-order valence-corrected chi connectivity index (χ0v) is 12.9. The van der Waals surface area contributed by atoms with Crippen LogP contribution >= 0.6 is 0 Å². The third-order valence-electron chi connectivity index (χ3n) is 2.80. The van der Waals surface area contributed by atoms with Gasteiger partial charge in [-0.05, 0) is 35.4 Å². The van der Waals surface area contributed by atoms with Crippen molar-refractivity contribution in [3.8, 4) is 0 Å². The number of carboxylic acid groups (broad SMARTS) is 1. The number of sulfonamides is 1. The van der Waals surface area contributed by atoms with Gasteiger partial charge in [-0.2, -0.15) is 0 Å². The first kappa shape index (κ1) is 16.5. The van der Waals surface area contributed by atoms with Crippen molar-refractivity contribution in [1.82, 2.24) is 0 Å². The first-order chi connectivity index (χ1) is 10.9. The highest BCUT2D eigenvalue weighted by molar-refractivity contribution is 7.95. The van der Waals surface area contributed by atoms with Crippen LogP contribution in [0.2, 0.25) is 0 Å². The molecule has 2 rings (SSSR count). The lowest BCUT2D eigenvalue weighted by Gasteiger charge is -2.05. The van der Waals surface area contributed by atoms with Crippen molar-refractivity contribution in [1.29, 1.82) is 0 Å². The van der Waals surface area contributed by atoms with E-state index in [2.05, 4.69) is 4.72 Å². The molecular weight excluding hydrogens is 314 g/mol. The van der Waals surface area contributed by atoms with Crippen molar-refractivity contribution in [2.75, 3.05) is 4.72 Å². The number of nitrogens with one attached hydrogen (secondary N) is 1. The van der Waals surface area contributed by atoms with Crippen LogP contribution in [-0.4, -0.2) is 14.4 Å². The molecule has 0 aliphatic heterocycles. The Morgan fingerprint density at radius 2 is 1.65 bits per heavy atom. The molecule has 0 saturated heterocycles. The summed E-state index contributed by atoms with van der Waals surface area (Å²) in [6, 6.07) is 15.4. The maximum atomic E-state index is 12.0. The molecule has 0 atom stereocenters. The molecule has 0 amide bonds. The summed E-state index contributed by atoms with van der Waals surface area (Å²) < 4.78 is 26.5. The molecule has 118 valence electrons. The van der Waals surface area contributed by atoms with Crippen LogP contribution in [0.25, 0.3) is 12.2 Å². The number of hydrogen-bond acceptors (Lipinski definition) is 4. The third-order valence-corrected chi connectivity index (χ3v) is 3.81. The number of hydrogen-bond donors (Lipinski definition) is 1. The summed E-state index contributed by atoms with van der Waals surface area (Å²) in [5.74, 6) is -1.32. The molecule has 1 N–H and O–H groups in total. The fraction of sp³-hybridized carbons (Fsp3) is 0. The van der Waals surface area contributed by atoms with E-state index in [4.69, 9.17) is 0 Å². The van der Waals surface area contributed by atoms with E-state index in [1.54, 1.807) is 30.3 Å². The highest BCUT2D eigenvalue weighted by atomic mass is 32.2. The van der Waals surface area contributed by atoms with Gasteiger partial charge in [-0.15, -0.1) is 0 Å². The summed E-state index contributed by atoms with van der Waals surface area (Å²) in [6.45, 7) is 0. The molecular formula is C17H14NO4S-. The molecule has 0 aromatic heterocycles. The molecule has 2 aromatic carbocycles. The van der Waals surface area contributed by atoms with Gasteiger partial charge in [0.15, 0.2) is 0 Å². The van der Waals surface area contributed by atoms with E-state index in [1.165, 1.54) is 18.2 Å². The molecule has 0 spiro atoms. The molecule has 2 aromatic rings. The van der Waals surface area contributed by atoms with E-state index in [0.717, 1.165) is 17.0 Å². The zero-order valence-electron chi connectivity index (χ0n) is 12.0. The summed E-state index contributed by atoms with van der Waals surface area (Å²) in [6.07, 6.45) is 3.69. The van der Waals surface area contributed by atoms with Gasteiger partial charge in [0.1, 0.15) is 0 Å². The smallest absolute Gasteiger partial charge is 0.255 e. The molecule has 0 radical (unpaired) electrons. The van der Waals surface area contributed by atoms with Crippen molar-refractivity contribution in [3.63, 3.8) is 0 Å². The molecule has 0 aliphatic carbocycles. The Balaban J connectivity index is 2.13. The van der Waals surface area contributed by atoms with Crippen LogP contribution in [0.1, 0.15) is 11.1 Å². The van der Waals surface area contributed by atoms with Gasteiger partial charge in [-0.25, -0.2) is 8.42 Å². The van der Waals surface area contributed by atoms with Crippen LogP contribution in [0.4, 0.5) is 5.69 Å². The molecule has 23 heavy (non-hydrogen) atoms. The summed E-state index contributed by atoms with van der Waals surface area (Å²) in [4.78, 5) is 10.4. The Kier molecular flexibility index (Phi) is 5.32. The van der Waals surface area contributed by atoms with Crippen LogP contribution in [0.5, 0.6) is 0 Å². The average molecular weight is 328 g/mol. The number of carboxylic acids is 1. The predicted octanol–water partition coefficient (Wildman–Crippen LogP) is 1.86. The molecule has 5 nitrogen and oxygen atoms in total. The largest absolute Gasteiger partial charge is 0.545 e. The lowest BCUT2D eigenvalue weighted by Crippen LogP contribution is -2.18. The van der Waals surface area contributed by atoms with Gasteiger partial charge in [0.25, 0.3) is 10.0 Å². The Morgan fingerprint density at radius 1 is 0.957 bits per heavy atom. The Hall–Kier alpha value is -2.86. The highest BCUT2D eigenvalue weighted by Crippen LogP contribution is 2.14. The Labute approximate surface area is 134 Å². The summed E-state index contributed by atoms with van der Waals surface area (Å²) >= 11 is 0. The highest BCUT2D eigenvalue weighted by Gasteiger charge is 2.05. The number of benzene rings is 2. The second kappa shape index (κ2) is 7.42. The van der Waals surface area contributed by atoms with Gasteiger partial charge in [-0.3, -0.25) is 4.72 Å². The predicted molar refractivity (Wildman–Crippen MR) is 88.5 cm³/mol. The topological polar surface area (TPSA) is 86.3 Å². The maximum absolute atomic E-state index is 12.0. The van der Waals surface area contributed by atoms with E-state index < -0.39 is 16.0 Å². The quantitative estimate of drug-likeness (QED) is 0.820. The van der Waals surface area contributed by atoms with Gasteiger partial charge in [0, 0.05) is 5.69 Å². The van der Waals surface area contributed by atoms with E-state index >= 15 is 0 Å². The fourth-order valence-electron chi connectivity index (χ4n) is 1.80. The number of anilines is 1. The van der Waals surface area contributed by atoms with E-state index in [-0.39, 0.29) is 0 Å². The second-order valence-corrected chi connectivity index (χ2v) is 6.20. The van der Waals surface area contributed by atoms with Crippen LogP contribution < -0.4 is 9.83 Å². The monoisotopic (exact) mass is 328 g/mol. The van der Waals surface area contributed by atoms with Crippen LogP contribution in [0.3, 0.4) is 0 Å². The van der Waals surface area contributed by atoms with Crippen LogP contribution in [0, 0.1) is 0 Å². The molecule has 0 aliphatic rings. The Bertz CT molecular complexity index is 840. The first-order valence-corrected chi connectivity index (χ1v) is 8.24. The normalized spacial score (nSPS) is 11.8. The van der Waals surface area contributed by atoms with E-state index in [1.807, 2.05) is 18.2 Å². The van der Waals surface area contributed by atoms with Crippen molar-refractivity contribution in [3.05, 3.63) is 77.2 Å². The van der Waals surface area contributed by atoms with Gasteiger partial charge in [0.2, 0.25) is 0 Å². The van der Waals surface area contributed by atoms with Crippen molar-refractivity contribution >= 4 is 33.8 Å². The van der Waals surface area contributed by atoms with Gasteiger partial charge in [0.05, 0.1) is 11.4 Å². The second-order valence-electron chi connectivity index (χ2n) is 4.64. The summed E-state index contributed by atoms with van der Waals surface area (Å²) in [5.41, 5.74) is 1.65. The maximum Gasteiger partial charge on any atom is 0.255 e. The third kappa shape index (κ3) is 5.80. The van der Waals surface area contributed by atoms with Crippen molar-refractivity contribution in [2.24, 2.45) is 0 Å². The minimum absolute atomic E-state index is 0.336. The summed E-state index contributed by atoms with van der Waals surface area (Å²) in [5, 5.41) is 11.5. The number of rotatable bonds is 6. The molecule has 0 heterocycles. The average Bonchev–Trinajstić information content (AvgIpc) is 2.52. The fourth-order valence-corrected chi connectivity index (χ4v) is 2.66. The Morgan fingerprint density at radius 3 is 2.35 bits per heavy atom. The minimum Gasteiger partial charge on any atom is -0.545 e. The number of aliphatic carboxylic acids is 1. The lowest BCUT2D eigenvalue weighted by molar-refractivity contribution is -0.297. The molecule has 0 fully saturated rings. The van der Waals surface area contributed by atoms with Gasteiger partial charge in [-0.1, -0.05) is 48.5 Å². The SMILES string of the molecule is O=C([O-])/C=C/c1cccc(NS(=O)(=O)/C=C/c2ccccc2)c1. The van der Waals surface area contributed by atoms with Crippen molar-refractivity contribution in [2.45, 2.75) is 0 Å². The molecule has 0 saturated carbocycles. The molecule has 6 heteroatoms. The standard InChI is InChI=1S/C17H15NO4S/c19-17(20)10-9-15-7-4-8-16(13-15)18-23(21,22)12-11-14-5-2-1-3-6-14/h1-13,18H,(H,19,20)/p-1/b10-9+,12-11+. The van der Waals surface area contributed by atoms with Crippen molar-refractivity contribution < 1.29 is 18.3 Å².